The fourth-order valence-electron chi connectivity index (χ4n) is 4.17. The van der Waals surface area contributed by atoms with Gasteiger partial charge in [-0.3, -0.25) is 14.9 Å². The zero-order chi connectivity index (χ0) is 29.3. The minimum absolute atomic E-state index is 0.0204. The number of nitro benzene ring substituents is 1. The van der Waals surface area contributed by atoms with Gasteiger partial charge < -0.3 is 24.1 Å². The second-order valence-corrected chi connectivity index (χ2v) is 9.12. The highest BCUT2D eigenvalue weighted by Gasteiger charge is 2.26. The number of carbonyl (C=O) groups is 1. The molecule has 0 spiro atoms. The Balaban J connectivity index is 1.61. The van der Waals surface area contributed by atoms with Gasteiger partial charge in [-0.05, 0) is 30.2 Å². The molecule has 0 aliphatic carbocycles. The molecular weight excluding hydrogens is 538 g/mol. The molecule has 1 aromatic heterocycles. The van der Waals surface area contributed by atoms with Gasteiger partial charge in [-0.15, -0.1) is 0 Å². The smallest absolute Gasteiger partial charge is 0.290 e. The molecule has 0 aliphatic rings. The molecule has 1 amide bonds. The topological polar surface area (TPSA) is 126 Å². The van der Waals surface area contributed by atoms with Crippen molar-refractivity contribution in [1.82, 2.24) is 10.5 Å². The van der Waals surface area contributed by atoms with Gasteiger partial charge in [-0.1, -0.05) is 65.8 Å². The predicted molar refractivity (Wildman–Crippen MR) is 155 cm³/mol. The van der Waals surface area contributed by atoms with Crippen molar-refractivity contribution in [2.75, 3.05) is 6.54 Å². The lowest BCUT2D eigenvalue weighted by Gasteiger charge is -2.18. The van der Waals surface area contributed by atoms with Crippen molar-refractivity contribution < 1.29 is 28.5 Å². The van der Waals surface area contributed by atoms with Gasteiger partial charge in [0.25, 0.3) is 11.6 Å². The van der Waals surface area contributed by atoms with Crippen LogP contribution in [0.3, 0.4) is 0 Å². The monoisotopic (exact) mass is 565 g/mol. The van der Waals surface area contributed by atoms with Crippen LogP contribution in [0.5, 0.6) is 23.0 Å². The van der Waals surface area contributed by atoms with Crippen LogP contribution >= 0.6 is 0 Å². The van der Waals surface area contributed by atoms with E-state index in [1.165, 1.54) is 30.5 Å². The number of benzene rings is 4. The first-order valence-corrected chi connectivity index (χ1v) is 13.2. The number of rotatable bonds is 12. The molecule has 0 aliphatic heterocycles. The lowest BCUT2D eigenvalue weighted by molar-refractivity contribution is -0.384. The normalized spacial score (nSPS) is 10.6. The Hall–Kier alpha value is -5.64. The molecule has 0 saturated heterocycles. The van der Waals surface area contributed by atoms with Gasteiger partial charge in [0, 0.05) is 30.8 Å². The van der Waals surface area contributed by atoms with Gasteiger partial charge in [0.15, 0.2) is 0 Å². The predicted octanol–water partition coefficient (Wildman–Crippen LogP) is 6.95. The van der Waals surface area contributed by atoms with Crippen LogP contribution < -0.4 is 19.5 Å². The van der Waals surface area contributed by atoms with E-state index < -0.39 is 10.8 Å². The third kappa shape index (κ3) is 6.73. The first kappa shape index (κ1) is 27.9. The molecule has 42 heavy (non-hydrogen) atoms. The summed E-state index contributed by atoms with van der Waals surface area (Å²) >= 11 is 0. The van der Waals surface area contributed by atoms with Crippen LogP contribution in [0.4, 0.5) is 5.69 Å². The molecule has 5 aromatic rings. The molecular formula is C32H27N3O7. The minimum Gasteiger partial charge on any atom is -0.489 e. The molecule has 212 valence electrons. The van der Waals surface area contributed by atoms with Crippen molar-refractivity contribution in [3.8, 4) is 34.1 Å². The summed E-state index contributed by atoms with van der Waals surface area (Å²) in [6.07, 6.45) is 1.42. The van der Waals surface area contributed by atoms with Crippen LogP contribution in [0.25, 0.3) is 11.1 Å². The van der Waals surface area contributed by atoms with E-state index in [0.717, 1.165) is 11.1 Å². The molecule has 10 heteroatoms. The fourth-order valence-corrected chi connectivity index (χ4v) is 4.17. The number of hydrogen-bond donors (Lipinski definition) is 1. The average molecular weight is 566 g/mol. The molecule has 0 saturated carbocycles. The maximum absolute atomic E-state index is 12.9. The number of ether oxygens (including phenoxy) is 3. The maximum Gasteiger partial charge on any atom is 0.290 e. The van der Waals surface area contributed by atoms with Crippen molar-refractivity contribution in [2.24, 2.45) is 0 Å². The minimum atomic E-state index is -0.488. The SMILES string of the molecule is CCNC(=O)c1oncc1-c1c(OCc2ccccc2)cc(OCc2ccccc2)cc1Oc1ccc([N+](=O)[O-])cc1. The third-order valence-electron chi connectivity index (χ3n) is 6.18. The molecule has 1 heterocycles. The van der Waals surface area contributed by atoms with Crippen LogP contribution in [0.15, 0.2) is 108 Å². The van der Waals surface area contributed by atoms with Crippen molar-refractivity contribution in [1.29, 1.82) is 0 Å². The summed E-state index contributed by atoms with van der Waals surface area (Å²) in [6, 6.07) is 28.3. The summed E-state index contributed by atoms with van der Waals surface area (Å²) in [5.74, 6) is 0.921. The number of nitrogens with zero attached hydrogens (tertiary/aromatic N) is 2. The lowest BCUT2D eigenvalue weighted by atomic mass is 10.0. The van der Waals surface area contributed by atoms with E-state index in [-0.39, 0.29) is 30.4 Å². The molecule has 4 aromatic carbocycles. The highest BCUT2D eigenvalue weighted by molar-refractivity contribution is 5.99. The molecule has 5 rings (SSSR count). The van der Waals surface area contributed by atoms with E-state index >= 15 is 0 Å². The van der Waals surface area contributed by atoms with Crippen LogP contribution in [0, 0.1) is 10.1 Å². The van der Waals surface area contributed by atoms with Crippen LogP contribution in [-0.4, -0.2) is 22.5 Å². The highest BCUT2D eigenvalue weighted by Crippen LogP contribution is 2.45. The molecule has 0 fully saturated rings. The Morgan fingerprint density at radius 2 is 1.48 bits per heavy atom. The number of amides is 1. The number of nitro groups is 1. The number of non-ortho nitro benzene ring substituents is 1. The maximum atomic E-state index is 12.9. The Morgan fingerprint density at radius 1 is 0.857 bits per heavy atom. The Bertz CT molecular complexity index is 1650. The van der Waals surface area contributed by atoms with E-state index in [2.05, 4.69) is 10.5 Å². The number of aromatic nitrogens is 1. The van der Waals surface area contributed by atoms with Gasteiger partial charge in [-0.2, -0.15) is 0 Å². The van der Waals surface area contributed by atoms with Crippen molar-refractivity contribution in [3.05, 3.63) is 130 Å². The van der Waals surface area contributed by atoms with Crippen molar-refractivity contribution in [3.63, 3.8) is 0 Å². The van der Waals surface area contributed by atoms with E-state index in [1.54, 1.807) is 19.1 Å². The van der Waals surface area contributed by atoms with Gasteiger partial charge in [0.1, 0.15) is 36.2 Å². The van der Waals surface area contributed by atoms with E-state index in [0.29, 0.717) is 34.9 Å². The van der Waals surface area contributed by atoms with E-state index in [1.807, 2.05) is 60.7 Å². The van der Waals surface area contributed by atoms with E-state index in [9.17, 15) is 14.9 Å². The summed E-state index contributed by atoms with van der Waals surface area (Å²) in [6.45, 7) is 2.68. The average Bonchev–Trinajstić information content (AvgIpc) is 3.50. The standard InChI is InChI=1S/C32H27N3O7/c1-2-33-32(36)31-27(19-34-42-31)30-28(40-21-23-11-7-4-8-12-23)17-26(39-20-22-9-5-3-6-10-22)18-29(30)41-25-15-13-24(14-16-25)35(37)38/h3-19H,2,20-21H2,1H3,(H,33,36). The van der Waals surface area contributed by atoms with Crippen molar-refractivity contribution in [2.45, 2.75) is 20.1 Å². The van der Waals surface area contributed by atoms with Crippen molar-refractivity contribution >= 4 is 11.6 Å². The molecule has 0 unspecified atom stereocenters. The fraction of sp³-hybridized carbons (Fsp3) is 0.125. The van der Waals surface area contributed by atoms with Crippen LogP contribution in [0.1, 0.15) is 28.6 Å². The molecule has 1 N–H and O–H groups in total. The molecule has 0 atom stereocenters. The largest absolute Gasteiger partial charge is 0.489 e. The lowest BCUT2D eigenvalue weighted by Crippen LogP contribution is -2.22. The summed E-state index contributed by atoms with van der Waals surface area (Å²) in [5, 5.41) is 17.8. The second kappa shape index (κ2) is 13.1. The number of hydrogen-bond acceptors (Lipinski definition) is 8. The summed E-state index contributed by atoms with van der Waals surface area (Å²) in [4.78, 5) is 23.6. The Labute approximate surface area is 241 Å². The Kier molecular flexibility index (Phi) is 8.73. The first-order chi connectivity index (χ1) is 20.5. The first-order valence-electron chi connectivity index (χ1n) is 13.2. The molecule has 0 radical (unpaired) electrons. The number of nitrogens with one attached hydrogen (secondary N) is 1. The quantitative estimate of drug-likeness (QED) is 0.127. The Morgan fingerprint density at radius 3 is 2.10 bits per heavy atom. The second-order valence-electron chi connectivity index (χ2n) is 9.12. The zero-order valence-corrected chi connectivity index (χ0v) is 22.7. The number of carbonyl (C=O) groups excluding carboxylic acids is 1. The summed E-state index contributed by atoms with van der Waals surface area (Å²) in [5.41, 5.74) is 2.55. The van der Waals surface area contributed by atoms with Gasteiger partial charge in [-0.25, -0.2) is 0 Å². The van der Waals surface area contributed by atoms with Gasteiger partial charge >= 0.3 is 0 Å². The summed E-state index contributed by atoms with van der Waals surface area (Å²) < 4.78 is 24.1. The van der Waals surface area contributed by atoms with E-state index in [4.69, 9.17) is 18.7 Å². The molecule has 10 nitrogen and oxygen atoms in total. The van der Waals surface area contributed by atoms with Gasteiger partial charge in [0.05, 0.1) is 22.2 Å². The zero-order valence-electron chi connectivity index (χ0n) is 22.7. The highest BCUT2D eigenvalue weighted by atomic mass is 16.6. The van der Waals surface area contributed by atoms with Gasteiger partial charge in [0.2, 0.25) is 5.76 Å². The third-order valence-corrected chi connectivity index (χ3v) is 6.18. The van der Waals surface area contributed by atoms with Crippen LogP contribution in [0.2, 0.25) is 0 Å². The molecule has 0 bridgehead atoms. The summed E-state index contributed by atoms with van der Waals surface area (Å²) in [7, 11) is 0. The van der Waals surface area contributed by atoms with Crippen LogP contribution in [-0.2, 0) is 13.2 Å².